The van der Waals surface area contributed by atoms with Crippen LogP contribution in [0.2, 0.25) is 0 Å². The van der Waals surface area contributed by atoms with Gasteiger partial charge >= 0.3 is 0 Å². The summed E-state index contributed by atoms with van der Waals surface area (Å²) in [5.41, 5.74) is 21.2. The summed E-state index contributed by atoms with van der Waals surface area (Å²) in [7, 11) is 0. The summed E-state index contributed by atoms with van der Waals surface area (Å²) in [5.74, 6) is 0. The van der Waals surface area contributed by atoms with Crippen molar-refractivity contribution >= 4 is 0 Å². The van der Waals surface area contributed by atoms with Crippen LogP contribution in [0.5, 0.6) is 0 Å². The molecule has 0 aliphatic rings. The Morgan fingerprint density at radius 3 is 1.05 bits per heavy atom. The van der Waals surface area contributed by atoms with E-state index >= 15 is 0 Å². The molecule has 12 aromatic rings. The number of pyridine rings is 10. The van der Waals surface area contributed by atoms with E-state index in [9.17, 15) is 0 Å². The minimum atomic E-state index is 1.00. The molecule has 10 aromatic heterocycles. The Bertz CT molecular complexity index is 3000. The first-order chi connectivity index (χ1) is 38.3. The molecule has 0 saturated heterocycles. The minimum Gasteiger partial charge on any atom is -0.265 e. The van der Waals surface area contributed by atoms with E-state index in [4.69, 9.17) is 0 Å². The van der Waals surface area contributed by atoms with Crippen molar-refractivity contribution in [2.75, 3.05) is 0 Å². The van der Waals surface area contributed by atoms with E-state index in [0.717, 1.165) is 28.1 Å². The van der Waals surface area contributed by atoms with Gasteiger partial charge in [-0.25, -0.2) is 0 Å². The molecule has 0 spiro atoms. The number of aromatic nitrogens is 10. The number of hydrogen-bond donors (Lipinski definition) is 0. The van der Waals surface area contributed by atoms with Crippen molar-refractivity contribution in [3.8, 4) is 66.9 Å². The van der Waals surface area contributed by atoms with Crippen molar-refractivity contribution in [1.29, 1.82) is 0 Å². The van der Waals surface area contributed by atoms with Crippen molar-refractivity contribution < 1.29 is 0 Å². The van der Waals surface area contributed by atoms with Crippen molar-refractivity contribution in [3.63, 3.8) is 0 Å². The lowest BCUT2D eigenvalue weighted by molar-refractivity contribution is 1.20. The predicted octanol–water partition coefficient (Wildman–Crippen LogP) is 15.9. The van der Waals surface area contributed by atoms with E-state index in [1.165, 1.54) is 72.3 Å². The zero-order chi connectivity index (χ0) is 54.6. The molecular weight excluding hydrogens is 957 g/mol. The SMILES string of the molecule is Cc1ccncc1-c1ccncc1.Cc1cnccc1-c1ccccc1.Cc1cnccc1-c1ccccn1.Cc1cnccc1-c1cccnc1.Cc1cnccc1-c1ccncc1.Cc1ncccc1-c1ccccc1. The number of hydrogen-bond acceptors (Lipinski definition) is 10. The highest BCUT2D eigenvalue weighted by Crippen LogP contribution is 2.25. The van der Waals surface area contributed by atoms with Gasteiger partial charge in [0.2, 0.25) is 0 Å². The van der Waals surface area contributed by atoms with Gasteiger partial charge in [-0.05, 0) is 187 Å². The van der Waals surface area contributed by atoms with Crippen LogP contribution in [0, 0.1) is 41.5 Å². The Balaban J connectivity index is 0.000000136. The van der Waals surface area contributed by atoms with Crippen LogP contribution in [-0.4, -0.2) is 49.8 Å². The number of nitrogens with zero attached hydrogens (tertiary/aromatic N) is 10. The summed E-state index contributed by atoms with van der Waals surface area (Å²) in [6, 6.07) is 52.7. The topological polar surface area (TPSA) is 129 Å². The molecule has 2 aromatic carbocycles. The summed E-state index contributed by atoms with van der Waals surface area (Å²) in [6.45, 7) is 12.3. The molecule has 12 rings (SSSR count). The minimum absolute atomic E-state index is 1.00. The lowest BCUT2D eigenvalue weighted by Gasteiger charge is -2.03. The maximum atomic E-state index is 4.28. The Morgan fingerprint density at radius 2 is 0.590 bits per heavy atom. The molecule has 0 saturated carbocycles. The lowest BCUT2D eigenvalue weighted by Crippen LogP contribution is -1.86. The molecule has 0 N–H and O–H groups in total. The molecular formula is C68H62N10. The summed E-state index contributed by atoms with van der Waals surface area (Å²) in [6.07, 6.45) is 32.8. The molecule has 10 nitrogen and oxygen atoms in total. The van der Waals surface area contributed by atoms with Crippen LogP contribution in [0.4, 0.5) is 0 Å². The van der Waals surface area contributed by atoms with Crippen LogP contribution in [0.3, 0.4) is 0 Å². The second-order valence-electron chi connectivity index (χ2n) is 17.7. The summed E-state index contributed by atoms with van der Waals surface area (Å²) in [5, 5.41) is 0. The summed E-state index contributed by atoms with van der Waals surface area (Å²) < 4.78 is 0. The third-order valence-corrected chi connectivity index (χ3v) is 12.2. The first-order valence-corrected chi connectivity index (χ1v) is 25.4. The van der Waals surface area contributed by atoms with Gasteiger partial charge in [-0.15, -0.1) is 0 Å². The Labute approximate surface area is 458 Å². The van der Waals surface area contributed by atoms with Crippen LogP contribution in [0.15, 0.2) is 269 Å². The van der Waals surface area contributed by atoms with E-state index < -0.39 is 0 Å². The van der Waals surface area contributed by atoms with Gasteiger partial charge in [0.25, 0.3) is 0 Å². The van der Waals surface area contributed by atoms with Crippen molar-refractivity contribution in [2.24, 2.45) is 0 Å². The van der Waals surface area contributed by atoms with Crippen molar-refractivity contribution in [1.82, 2.24) is 49.8 Å². The van der Waals surface area contributed by atoms with Gasteiger partial charge < -0.3 is 0 Å². The largest absolute Gasteiger partial charge is 0.265 e. The fourth-order valence-electron chi connectivity index (χ4n) is 8.05. The third-order valence-electron chi connectivity index (χ3n) is 12.2. The van der Waals surface area contributed by atoms with E-state index in [1.54, 1.807) is 55.8 Å². The zero-order valence-corrected chi connectivity index (χ0v) is 44.9. The zero-order valence-electron chi connectivity index (χ0n) is 44.9. The van der Waals surface area contributed by atoms with Crippen LogP contribution >= 0.6 is 0 Å². The third kappa shape index (κ3) is 17.0. The molecule has 384 valence electrons. The average molecular weight is 1020 g/mol. The molecule has 0 aliphatic carbocycles. The van der Waals surface area contributed by atoms with Crippen LogP contribution < -0.4 is 0 Å². The second kappa shape index (κ2) is 30.3. The Hall–Kier alpha value is -10.1. The van der Waals surface area contributed by atoms with Crippen molar-refractivity contribution in [2.45, 2.75) is 41.5 Å². The van der Waals surface area contributed by atoms with Gasteiger partial charge in [0, 0.05) is 139 Å². The number of aryl methyl sites for hydroxylation is 6. The van der Waals surface area contributed by atoms with E-state index in [1.807, 2.05) is 179 Å². The fourth-order valence-corrected chi connectivity index (χ4v) is 8.05. The summed E-state index contributed by atoms with van der Waals surface area (Å²) >= 11 is 0. The smallest absolute Gasteiger partial charge is 0.0705 e. The highest BCUT2D eigenvalue weighted by atomic mass is 14.7. The average Bonchev–Trinajstić information content (AvgIpc) is 3.50. The maximum absolute atomic E-state index is 4.28. The van der Waals surface area contributed by atoms with Gasteiger partial charge in [0.05, 0.1) is 5.69 Å². The molecule has 10 heterocycles. The second-order valence-corrected chi connectivity index (χ2v) is 17.7. The summed E-state index contributed by atoms with van der Waals surface area (Å²) in [4.78, 5) is 40.9. The molecule has 0 radical (unpaired) electrons. The first kappa shape index (κ1) is 55.7. The molecule has 0 fully saturated rings. The monoisotopic (exact) mass is 1020 g/mol. The molecule has 0 amide bonds. The quantitative estimate of drug-likeness (QED) is 0.159. The molecule has 78 heavy (non-hydrogen) atoms. The number of rotatable bonds is 6. The van der Waals surface area contributed by atoms with Crippen molar-refractivity contribution in [3.05, 3.63) is 303 Å². The van der Waals surface area contributed by atoms with Crippen LogP contribution in [0.1, 0.15) is 33.5 Å². The Morgan fingerprint density at radius 1 is 0.205 bits per heavy atom. The number of benzene rings is 2. The molecule has 0 unspecified atom stereocenters. The van der Waals surface area contributed by atoms with Gasteiger partial charge in [-0.1, -0.05) is 78.9 Å². The highest BCUT2D eigenvalue weighted by Gasteiger charge is 2.04. The molecule has 0 bridgehead atoms. The van der Waals surface area contributed by atoms with Crippen LogP contribution in [0.25, 0.3) is 66.9 Å². The maximum Gasteiger partial charge on any atom is 0.0705 e. The highest BCUT2D eigenvalue weighted by molar-refractivity contribution is 5.69. The predicted molar refractivity (Wildman–Crippen MR) is 318 cm³/mol. The van der Waals surface area contributed by atoms with E-state index in [0.29, 0.717) is 0 Å². The standard InChI is InChI=1S/2C12H11N.4C11H10N2/c1-10-12(8-5-9-13-10)11-6-3-2-4-7-11;1-10-9-13-8-7-12(10)11-5-3-2-4-6-11;1-9-8-13-7-4-11(9)10-2-5-12-6-3-10;1-9-2-5-13-8-11(9)10-3-6-12-7-4-10;1-9-7-13-6-4-11(9)10-3-2-5-12-8-10;1-9-8-12-7-5-10(9)11-4-2-3-6-13-11/h2*2-9H,1H3;4*2-8H,1H3. The molecule has 0 aliphatic heterocycles. The molecule has 10 heteroatoms. The molecule has 0 atom stereocenters. The fraction of sp³-hybridized carbons (Fsp3) is 0.0882. The first-order valence-electron chi connectivity index (χ1n) is 25.4. The lowest BCUT2D eigenvalue weighted by atomic mass is 10.0. The van der Waals surface area contributed by atoms with E-state index in [2.05, 4.69) is 126 Å². The normalized spacial score (nSPS) is 9.92. The van der Waals surface area contributed by atoms with Gasteiger partial charge in [-0.2, -0.15) is 0 Å². The Kier molecular flexibility index (Phi) is 21.7. The van der Waals surface area contributed by atoms with Gasteiger partial charge in [0.1, 0.15) is 0 Å². The van der Waals surface area contributed by atoms with Gasteiger partial charge in [0.15, 0.2) is 0 Å². The van der Waals surface area contributed by atoms with Gasteiger partial charge in [-0.3, -0.25) is 49.8 Å². The van der Waals surface area contributed by atoms with E-state index in [-0.39, 0.29) is 0 Å². The van der Waals surface area contributed by atoms with Crippen LogP contribution in [-0.2, 0) is 0 Å².